The normalized spacial score (nSPS) is 27.8. The van der Waals surface area contributed by atoms with Crippen LogP contribution in [0, 0.1) is 5.92 Å². The summed E-state index contributed by atoms with van der Waals surface area (Å²) < 4.78 is 0. The molecule has 4 heteroatoms. The van der Waals surface area contributed by atoms with Gasteiger partial charge in [-0.1, -0.05) is 19.1 Å². The van der Waals surface area contributed by atoms with Gasteiger partial charge in [0.25, 0.3) is 5.91 Å². The first-order valence-electron chi connectivity index (χ1n) is 4.22. The lowest BCUT2D eigenvalue weighted by Gasteiger charge is -2.23. The first kappa shape index (κ1) is 9.80. The molecule has 2 unspecified atom stereocenters. The van der Waals surface area contributed by atoms with Crippen LogP contribution in [-0.4, -0.2) is 19.0 Å². The van der Waals surface area contributed by atoms with Crippen molar-refractivity contribution < 1.29 is 4.79 Å². The maximum atomic E-state index is 10.9. The molecule has 0 saturated heterocycles. The number of carbonyl (C=O) groups is 1. The SMILES string of the molecule is CNC1C=C(C(N)=O)C(N)=CC1C. The maximum absolute atomic E-state index is 10.9. The fourth-order valence-corrected chi connectivity index (χ4v) is 1.47. The molecule has 0 radical (unpaired) electrons. The van der Waals surface area contributed by atoms with E-state index in [0.717, 1.165) is 0 Å². The highest BCUT2D eigenvalue weighted by molar-refractivity contribution is 5.96. The minimum absolute atomic E-state index is 0.134. The predicted octanol–water partition coefficient (Wildman–Crippen LogP) is -0.522. The fourth-order valence-electron chi connectivity index (χ4n) is 1.47. The third-order valence-corrected chi connectivity index (χ3v) is 2.26. The number of primary amides is 1. The Bertz CT molecular complexity index is 281. The average Bonchev–Trinajstić information content (AvgIpc) is 2.03. The number of nitrogens with one attached hydrogen (secondary N) is 1. The molecule has 0 aromatic carbocycles. The molecule has 1 aliphatic carbocycles. The Morgan fingerprint density at radius 1 is 1.54 bits per heavy atom. The largest absolute Gasteiger partial charge is 0.398 e. The second-order valence-electron chi connectivity index (χ2n) is 3.24. The Morgan fingerprint density at radius 2 is 2.15 bits per heavy atom. The van der Waals surface area contributed by atoms with Crippen molar-refractivity contribution in [1.82, 2.24) is 5.32 Å². The van der Waals surface area contributed by atoms with E-state index in [4.69, 9.17) is 11.5 Å². The van der Waals surface area contributed by atoms with Crippen LogP contribution in [0.1, 0.15) is 6.92 Å². The van der Waals surface area contributed by atoms with E-state index in [-0.39, 0.29) is 12.0 Å². The monoisotopic (exact) mass is 181 g/mol. The molecule has 1 amide bonds. The molecule has 5 N–H and O–H groups in total. The van der Waals surface area contributed by atoms with Crippen molar-refractivity contribution >= 4 is 5.91 Å². The molecule has 0 fully saturated rings. The summed E-state index contributed by atoms with van der Waals surface area (Å²) in [5, 5.41) is 3.07. The minimum atomic E-state index is -0.471. The molecule has 0 aromatic rings. The zero-order valence-corrected chi connectivity index (χ0v) is 7.87. The number of nitrogens with two attached hydrogens (primary N) is 2. The lowest BCUT2D eigenvalue weighted by Crippen LogP contribution is -2.35. The minimum Gasteiger partial charge on any atom is -0.398 e. The average molecular weight is 181 g/mol. The standard InChI is InChI=1S/C9H15N3O/c1-5-3-7(10)6(9(11)13)4-8(5)12-2/h3-5,8,12H,10H2,1-2H3,(H2,11,13). The van der Waals surface area contributed by atoms with Gasteiger partial charge < -0.3 is 16.8 Å². The molecule has 0 aliphatic heterocycles. The van der Waals surface area contributed by atoms with Crippen LogP contribution in [0.3, 0.4) is 0 Å². The number of hydrogen-bond acceptors (Lipinski definition) is 3. The van der Waals surface area contributed by atoms with Crippen LogP contribution in [0.2, 0.25) is 0 Å². The summed E-state index contributed by atoms with van der Waals surface area (Å²) in [4.78, 5) is 10.9. The van der Waals surface area contributed by atoms with Gasteiger partial charge in [-0.15, -0.1) is 0 Å². The Morgan fingerprint density at radius 3 is 2.62 bits per heavy atom. The predicted molar refractivity (Wildman–Crippen MR) is 51.6 cm³/mol. The molecule has 1 aliphatic rings. The molecule has 2 atom stereocenters. The van der Waals surface area contributed by atoms with E-state index < -0.39 is 5.91 Å². The van der Waals surface area contributed by atoms with Crippen molar-refractivity contribution in [2.45, 2.75) is 13.0 Å². The first-order valence-corrected chi connectivity index (χ1v) is 4.22. The molecular formula is C9H15N3O. The van der Waals surface area contributed by atoms with E-state index in [2.05, 4.69) is 5.32 Å². The molecule has 4 nitrogen and oxygen atoms in total. The highest BCUT2D eigenvalue weighted by Gasteiger charge is 2.21. The van der Waals surface area contributed by atoms with Gasteiger partial charge in [-0.3, -0.25) is 4.79 Å². The summed E-state index contributed by atoms with van der Waals surface area (Å²) in [6, 6.07) is 0.134. The summed E-state index contributed by atoms with van der Waals surface area (Å²) in [6.07, 6.45) is 3.63. The van der Waals surface area contributed by atoms with Gasteiger partial charge in [-0.05, 0) is 13.0 Å². The molecule has 0 aromatic heterocycles. The van der Waals surface area contributed by atoms with Crippen molar-refractivity contribution in [2.75, 3.05) is 7.05 Å². The number of carbonyl (C=O) groups excluding carboxylic acids is 1. The maximum Gasteiger partial charge on any atom is 0.250 e. The highest BCUT2D eigenvalue weighted by Crippen LogP contribution is 2.19. The van der Waals surface area contributed by atoms with E-state index in [1.807, 2.05) is 20.0 Å². The zero-order valence-electron chi connectivity index (χ0n) is 7.87. The smallest absolute Gasteiger partial charge is 0.250 e. The lowest BCUT2D eigenvalue weighted by molar-refractivity contribution is -0.114. The lowest BCUT2D eigenvalue weighted by atomic mass is 9.91. The molecule has 72 valence electrons. The molecule has 0 heterocycles. The van der Waals surface area contributed by atoms with Crippen LogP contribution in [0.4, 0.5) is 0 Å². The van der Waals surface area contributed by atoms with E-state index in [1.54, 1.807) is 6.08 Å². The van der Waals surface area contributed by atoms with Gasteiger partial charge in [0.1, 0.15) is 0 Å². The fraction of sp³-hybridized carbons (Fsp3) is 0.444. The van der Waals surface area contributed by atoms with Gasteiger partial charge in [0.2, 0.25) is 0 Å². The highest BCUT2D eigenvalue weighted by atomic mass is 16.1. The molecule has 13 heavy (non-hydrogen) atoms. The number of hydrogen-bond donors (Lipinski definition) is 3. The summed E-state index contributed by atoms with van der Waals surface area (Å²) in [6.45, 7) is 2.03. The third-order valence-electron chi connectivity index (χ3n) is 2.26. The van der Waals surface area contributed by atoms with Gasteiger partial charge >= 0.3 is 0 Å². The van der Waals surface area contributed by atoms with Crippen molar-refractivity contribution in [2.24, 2.45) is 17.4 Å². The van der Waals surface area contributed by atoms with Crippen LogP contribution in [-0.2, 0) is 4.79 Å². The van der Waals surface area contributed by atoms with Crippen LogP contribution >= 0.6 is 0 Å². The summed E-state index contributed by atoms with van der Waals surface area (Å²) in [5.41, 5.74) is 11.7. The van der Waals surface area contributed by atoms with E-state index in [0.29, 0.717) is 11.3 Å². The van der Waals surface area contributed by atoms with Crippen LogP contribution in [0.15, 0.2) is 23.4 Å². The van der Waals surface area contributed by atoms with Crippen LogP contribution < -0.4 is 16.8 Å². The zero-order chi connectivity index (χ0) is 10.0. The molecule has 1 rings (SSSR count). The van der Waals surface area contributed by atoms with Crippen LogP contribution in [0.25, 0.3) is 0 Å². The van der Waals surface area contributed by atoms with Crippen molar-refractivity contribution in [3.63, 3.8) is 0 Å². The summed E-state index contributed by atoms with van der Waals surface area (Å²) >= 11 is 0. The van der Waals surface area contributed by atoms with Crippen LogP contribution in [0.5, 0.6) is 0 Å². The molecule has 0 bridgehead atoms. The van der Waals surface area contributed by atoms with Gasteiger partial charge in [0, 0.05) is 11.7 Å². The second kappa shape index (κ2) is 3.62. The quantitative estimate of drug-likeness (QED) is 0.536. The Balaban J connectivity index is 2.95. The Kier molecular flexibility index (Phi) is 2.72. The van der Waals surface area contributed by atoms with Gasteiger partial charge in [0.15, 0.2) is 0 Å². The van der Waals surface area contributed by atoms with Gasteiger partial charge in [-0.2, -0.15) is 0 Å². The Hall–Kier alpha value is -1.29. The number of rotatable bonds is 2. The number of likely N-dealkylation sites (N-methyl/N-ethyl adjacent to an activating group) is 1. The van der Waals surface area contributed by atoms with Crippen molar-refractivity contribution in [1.29, 1.82) is 0 Å². The summed E-state index contributed by atoms with van der Waals surface area (Å²) in [7, 11) is 1.84. The van der Waals surface area contributed by atoms with E-state index in [1.165, 1.54) is 0 Å². The van der Waals surface area contributed by atoms with Crippen molar-refractivity contribution in [3.05, 3.63) is 23.4 Å². The molecular weight excluding hydrogens is 166 g/mol. The third kappa shape index (κ3) is 1.89. The number of amides is 1. The Labute approximate surface area is 77.7 Å². The second-order valence-corrected chi connectivity index (χ2v) is 3.24. The summed E-state index contributed by atoms with van der Waals surface area (Å²) in [5.74, 6) is -0.186. The van der Waals surface area contributed by atoms with Crippen molar-refractivity contribution in [3.8, 4) is 0 Å². The molecule has 0 spiro atoms. The molecule has 0 saturated carbocycles. The topological polar surface area (TPSA) is 81.1 Å². The van der Waals surface area contributed by atoms with E-state index in [9.17, 15) is 4.79 Å². The van der Waals surface area contributed by atoms with Gasteiger partial charge in [0.05, 0.1) is 5.57 Å². The van der Waals surface area contributed by atoms with Gasteiger partial charge in [-0.25, -0.2) is 0 Å². The van der Waals surface area contributed by atoms with E-state index >= 15 is 0 Å². The first-order chi connectivity index (χ1) is 6.06.